The summed E-state index contributed by atoms with van der Waals surface area (Å²) >= 11 is 0.598. The number of hydrogen-bond acceptors (Lipinski definition) is 20. The molecule has 0 spiro atoms. The Kier molecular flexibility index (Phi) is 23.5. The summed E-state index contributed by atoms with van der Waals surface area (Å²) in [5.74, 6) is -2.83. The predicted octanol–water partition coefficient (Wildman–Crippen LogP) is -1.63. The Labute approximate surface area is 392 Å². The van der Waals surface area contributed by atoms with Crippen molar-refractivity contribution in [2.75, 3.05) is 26.5 Å². The molecular formula is C31H28CuN6Na2O15S3. The van der Waals surface area contributed by atoms with E-state index in [0.717, 1.165) is 23.8 Å². The summed E-state index contributed by atoms with van der Waals surface area (Å²) < 4.78 is 44.8. The third-order valence-electron chi connectivity index (χ3n) is 7.04. The van der Waals surface area contributed by atoms with Crippen LogP contribution in [0.5, 0.6) is 17.2 Å². The van der Waals surface area contributed by atoms with Crippen LogP contribution in [0.2, 0.25) is 0 Å². The van der Waals surface area contributed by atoms with E-state index in [0.29, 0.717) is 34.2 Å². The van der Waals surface area contributed by atoms with Crippen molar-refractivity contribution in [3.63, 3.8) is 0 Å². The van der Waals surface area contributed by atoms with Gasteiger partial charge in [0.25, 0.3) is 5.56 Å². The van der Waals surface area contributed by atoms with E-state index in [1.165, 1.54) is 31.0 Å². The second-order valence-electron chi connectivity index (χ2n) is 10.5. The van der Waals surface area contributed by atoms with Crippen molar-refractivity contribution in [1.82, 2.24) is 9.78 Å². The quantitative estimate of drug-likeness (QED) is 0.0216. The van der Waals surface area contributed by atoms with Crippen LogP contribution < -0.4 is 79.9 Å². The largest absolute Gasteiger partial charge is 1.00 e. The van der Waals surface area contributed by atoms with E-state index < -0.39 is 32.9 Å². The van der Waals surface area contributed by atoms with Crippen LogP contribution in [0.15, 0.2) is 102 Å². The summed E-state index contributed by atoms with van der Waals surface area (Å²) in [4.78, 5) is 21.8. The number of aromatic amines is 1. The van der Waals surface area contributed by atoms with Crippen molar-refractivity contribution >= 4 is 68.0 Å². The molecule has 0 saturated heterocycles. The first-order valence-corrected chi connectivity index (χ1v) is 18.0. The maximum absolute atomic E-state index is 12.7. The summed E-state index contributed by atoms with van der Waals surface area (Å²) in [5, 5.41) is 75.7. The first-order valence-electron chi connectivity index (χ1n) is 15.0. The molecule has 0 aliphatic heterocycles. The number of H-pyrrole nitrogens is 1. The van der Waals surface area contributed by atoms with Crippen LogP contribution in [0.25, 0.3) is 16.5 Å². The van der Waals surface area contributed by atoms with Gasteiger partial charge >= 0.3 is 65.1 Å². The zero-order chi connectivity index (χ0) is 40.1. The van der Waals surface area contributed by atoms with Crippen molar-refractivity contribution in [3.05, 3.63) is 88.3 Å². The molecular weight excluding hydrogens is 902 g/mol. The third-order valence-corrected chi connectivity index (χ3v) is 9.72. The number of phenolic OH excluding ortho intramolecular Hbond substituents is 2. The zero-order valence-corrected chi connectivity index (χ0v) is 38.2. The molecule has 1 radical (unpaired) electrons. The van der Waals surface area contributed by atoms with Gasteiger partial charge in [-0.1, -0.05) is 23.8 Å². The molecule has 0 atom stereocenters. The average molecular weight is 930 g/mol. The molecule has 58 heavy (non-hydrogen) atoms. The molecule has 1 heterocycles. The number of carboxylic acid groups (broad SMARTS) is 1. The van der Waals surface area contributed by atoms with Crippen LogP contribution in [0, 0.1) is 6.92 Å². The number of fused-ring (bicyclic) bond motifs is 1. The fourth-order valence-electron chi connectivity index (χ4n) is 4.61. The number of benzene rings is 4. The number of aromatic hydroxyl groups is 2. The van der Waals surface area contributed by atoms with E-state index in [4.69, 9.17) is 14.0 Å². The zero-order valence-electron chi connectivity index (χ0n) is 30.8. The van der Waals surface area contributed by atoms with E-state index >= 15 is 0 Å². The van der Waals surface area contributed by atoms with E-state index in [9.17, 15) is 38.7 Å². The summed E-state index contributed by atoms with van der Waals surface area (Å²) in [5.41, 5.74) is 1.23. The van der Waals surface area contributed by atoms with Crippen LogP contribution >= 0.6 is 24.4 Å². The molecule has 1 aromatic heterocycles. The number of aromatic carboxylic acids is 1. The second-order valence-corrected chi connectivity index (χ2v) is 13.8. The van der Waals surface area contributed by atoms with Crippen molar-refractivity contribution in [2.45, 2.75) is 16.7 Å². The molecule has 4 N–H and O–H groups in total. The van der Waals surface area contributed by atoms with Gasteiger partial charge in [-0.2, -0.15) is 14.6 Å². The maximum atomic E-state index is 12.7. The van der Waals surface area contributed by atoms with Crippen molar-refractivity contribution in [2.24, 2.45) is 20.5 Å². The number of methoxy groups -OCH3 is 1. The first-order chi connectivity index (χ1) is 26.3. The van der Waals surface area contributed by atoms with E-state index in [-0.39, 0.29) is 133 Å². The molecule has 0 aliphatic rings. The third kappa shape index (κ3) is 14.4. The van der Waals surface area contributed by atoms with Crippen molar-refractivity contribution < 1.29 is 143 Å². The first kappa shape index (κ1) is 53.1. The number of aryl methyl sites for hydroxylation is 1. The Bertz CT molecular complexity index is 2370. The molecule has 5 aromatic rings. The van der Waals surface area contributed by atoms with Crippen molar-refractivity contribution in [3.8, 4) is 22.9 Å². The number of nitrogens with one attached hydrogen (secondary N) is 1. The number of carboxylic acids is 1. The maximum Gasteiger partial charge on any atom is 1.00 e. The van der Waals surface area contributed by atoms with Gasteiger partial charge < -0.3 is 30.6 Å². The number of ether oxygens (including phenoxy) is 1. The van der Waals surface area contributed by atoms with Gasteiger partial charge in [0.05, 0.1) is 47.8 Å². The molecule has 0 unspecified atom stereocenters. The Balaban J connectivity index is 0.000000743. The molecule has 303 valence electrons. The Morgan fingerprint density at radius 3 is 2.26 bits per heavy atom. The van der Waals surface area contributed by atoms with E-state index in [1.54, 1.807) is 24.3 Å². The van der Waals surface area contributed by atoms with Crippen LogP contribution in [0.1, 0.15) is 16.1 Å². The minimum Gasteiger partial charge on any atom is -0.691 e. The fraction of sp³-hybridized carbons (Fsp3) is 0.161. The van der Waals surface area contributed by atoms with Gasteiger partial charge in [-0.15, -0.1) is 14.6 Å². The Morgan fingerprint density at radius 2 is 1.64 bits per heavy atom. The van der Waals surface area contributed by atoms with Gasteiger partial charge in [0.2, 0.25) is 0 Å². The molecule has 27 heteroatoms. The van der Waals surface area contributed by atoms with Crippen molar-refractivity contribution in [1.29, 1.82) is 0 Å². The monoisotopic (exact) mass is 929 g/mol. The fourth-order valence-corrected chi connectivity index (χ4v) is 6.68. The minimum absolute atomic E-state index is 0. The predicted molar refractivity (Wildman–Crippen MR) is 189 cm³/mol. The van der Waals surface area contributed by atoms with E-state index in [1.807, 2.05) is 19.1 Å². The standard InChI is InChI=1S/C20H20N4O12S3.C11H10N2O3.Cu.2Na/c1-21-22-12-4-3-11-7-17(37-35-33-27)19(20(26)13(11)8-12)24-23-14-9-16(31-2)18(10-15(14)25)39(29,30)6-5-32-38-36-34-28;1-7-2-4-8(5-3-7)13-9(11(15)16)6-10(14)12-13;;;/h3-4,7-10,25-28H,5-6H2,1-2H3;2-6H,1H3,(H,12,14)(H,15,16);;;/q;;;2*+1/p-2. The minimum atomic E-state index is -4.04. The van der Waals surface area contributed by atoms with Gasteiger partial charge in [-0.3, -0.25) is 24.2 Å². The summed E-state index contributed by atoms with van der Waals surface area (Å²) in [6.07, 6.45) is 0. The molecule has 5 rings (SSSR count). The number of aromatic nitrogens is 2. The van der Waals surface area contributed by atoms with Gasteiger partial charge in [0.1, 0.15) is 27.8 Å². The summed E-state index contributed by atoms with van der Waals surface area (Å²) in [6, 6.07) is 16.6. The molecule has 0 saturated carbocycles. The van der Waals surface area contributed by atoms with Gasteiger partial charge in [-0.25, -0.2) is 17.9 Å². The SMILES string of the molecule is CN=Nc1ccc2cc(SOO[O-])c(N=Nc3cc(OC)c(S(=O)(=O)CCOSOO[O-])cc3O)c(O)c2c1.Cc1ccc(-n2[nH]c(=O)cc2C(=O)O)cc1.[Cu].[Na+].[Na+]. The van der Waals surface area contributed by atoms with Crippen LogP contribution in [0.4, 0.5) is 17.1 Å². The molecule has 0 amide bonds. The number of sulfone groups is 1. The number of phenols is 2. The number of rotatable bonds is 16. The topological polar surface area (TPSA) is 301 Å². The number of azo groups is 2. The van der Waals surface area contributed by atoms with Crippen LogP contribution in [-0.2, 0) is 49.8 Å². The normalized spacial score (nSPS) is 11.1. The van der Waals surface area contributed by atoms with Gasteiger partial charge in [0, 0.05) is 47.7 Å². The summed E-state index contributed by atoms with van der Waals surface area (Å²) in [6.45, 7) is 1.54. The molecule has 21 nitrogen and oxygen atoms in total. The number of hydrogen-bond donors (Lipinski definition) is 4. The molecule has 0 aliphatic carbocycles. The van der Waals surface area contributed by atoms with E-state index in [2.05, 4.69) is 44.3 Å². The van der Waals surface area contributed by atoms with Gasteiger partial charge in [-0.05, 0) is 42.6 Å². The Hall–Kier alpha value is -2.89. The average Bonchev–Trinajstić information content (AvgIpc) is 3.56. The second kappa shape index (κ2) is 25.7. The van der Waals surface area contributed by atoms with Crippen LogP contribution in [-0.4, -0.2) is 66.0 Å². The Morgan fingerprint density at radius 1 is 0.948 bits per heavy atom. The number of nitrogens with zero attached hydrogens (tertiary/aromatic N) is 5. The van der Waals surface area contributed by atoms with Crippen LogP contribution in [0.3, 0.4) is 0 Å². The molecule has 0 fully saturated rings. The summed E-state index contributed by atoms with van der Waals surface area (Å²) in [7, 11) is -1.36. The smallest absolute Gasteiger partial charge is 0.691 e. The molecule has 4 aromatic carbocycles. The number of carbonyl (C=O) groups is 1. The van der Waals surface area contributed by atoms with Gasteiger partial charge in [0.15, 0.2) is 33.6 Å². The molecule has 0 bridgehead atoms.